The Hall–Kier alpha value is 0.427. The van der Waals surface area contributed by atoms with E-state index in [1.807, 2.05) is 0 Å². The Balaban J connectivity index is 3.76. The summed E-state index contributed by atoms with van der Waals surface area (Å²) in [5.41, 5.74) is 0. The first kappa shape index (κ1) is 12.4. The molecule has 0 aromatic carbocycles. The highest BCUT2D eigenvalue weighted by Gasteiger charge is 2.31. The van der Waals surface area contributed by atoms with Crippen LogP contribution in [-0.2, 0) is 8.85 Å². The lowest BCUT2D eigenvalue weighted by atomic mass is 10.5. The molecule has 12 heavy (non-hydrogen) atoms. The molecule has 2 nitrogen and oxygen atoms in total. The van der Waals surface area contributed by atoms with Crippen molar-refractivity contribution in [3.8, 4) is 0 Å². The van der Waals surface area contributed by atoms with Crippen LogP contribution in [0.25, 0.3) is 0 Å². The van der Waals surface area contributed by atoms with Crippen molar-refractivity contribution in [1.82, 2.24) is 0 Å². The third kappa shape index (κ3) is 3.89. The second-order valence-corrected chi connectivity index (χ2v) is 7.02. The summed E-state index contributed by atoms with van der Waals surface area (Å²) in [5.74, 6) is 0.668. The third-order valence-corrected chi connectivity index (χ3v) is 5.99. The topological polar surface area (TPSA) is 18.5 Å². The molecule has 74 valence electrons. The number of alkyl halides is 1. The van der Waals surface area contributed by atoms with Crippen molar-refractivity contribution in [1.29, 1.82) is 0 Å². The summed E-state index contributed by atoms with van der Waals surface area (Å²) in [4.78, 5) is 0. The van der Waals surface area contributed by atoms with Gasteiger partial charge < -0.3 is 8.85 Å². The van der Waals surface area contributed by atoms with E-state index in [-0.39, 0.29) is 0 Å². The fraction of sp³-hybridized carbons (Fsp3) is 1.00. The van der Waals surface area contributed by atoms with E-state index in [0.29, 0.717) is 5.88 Å². The molecule has 0 N–H and O–H groups in total. The minimum Gasteiger partial charge on any atom is -0.398 e. The van der Waals surface area contributed by atoms with Crippen LogP contribution < -0.4 is 0 Å². The molecule has 0 heterocycles. The van der Waals surface area contributed by atoms with Crippen LogP contribution in [0.5, 0.6) is 0 Å². The Kier molecular flexibility index (Phi) is 7.14. The molecule has 0 aliphatic heterocycles. The highest BCUT2D eigenvalue weighted by atomic mass is 35.5. The summed E-state index contributed by atoms with van der Waals surface area (Å²) in [6.07, 6.45) is 0.916. The Morgan fingerprint density at radius 3 is 2.17 bits per heavy atom. The zero-order valence-electron chi connectivity index (χ0n) is 8.23. The Morgan fingerprint density at radius 2 is 1.83 bits per heavy atom. The molecule has 0 unspecified atom stereocenters. The standard InChI is InChI=1S/C8H19ClO2Si/c1-4-12(5-2,10-3)11-8-6-7-9/h4-8H2,1-3H3. The van der Waals surface area contributed by atoms with Gasteiger partial charge in [0.1, 0.15) is 0 Å². The van der Waals surface area contributed by atoms with Crippen LogP contribution in [0.1, 0.15) is 20.3 Å². The maximum absolute atomic E-state index is 5.75. The van der Waals surface area contributed by atoms with E-state index in [0.717, 1.165) is 25.1 Å². The first-order valence-electron chi connectivity index (χ1n) is 4.49. The van der Waals surface area contributed by atoms with E-state index in [1.54, 1.807) is 7.11 Å². The summed E-state index contributed by atoms with van der Waals surface area (Å²) in [6, 6.07) is 2.03. The minimum atomic E-state index is -1.81. The van der Waals surface area contributed by atoms with Gasteiger partial charge in [0, 0.05) is 19.6 Å². The van der Waals surface area contributed by atoms with Crippen LogP contribution in [0.2, 0.25) is 12.1 Å². The van der Waals surface area contributed by atoms with Gasteiger partial charge in [0.2, 0.25) is 0 Å². The van der Waals surface area contributed by atoms with E-state index in [2.05, 4.69) is 13.8 Å². The average molecular weight is 211 g/mol. The summed E-state index contributed by atoms with van der Waals surface area (Å²) >= 11 is 5.55. The van der Waals surface area contributed by atoms with E-state index in [9.17, 15) is 0 Å². The summed E-state index contributed by atoms with van der Waals surface area (Å²) in [5, 5.41) is 0. The van der Waals surface area contributed by atoms with Crippen LogP contribution in [0, 0.1) is 0 Å². The van der Waals surface area contributed by atoms with Gasteiger partial charge in [-0.1, -0.05) is 13.8 Å². The molecule has 0 fully saturated rings. The second-order valence-electron chi connectivity index (χ2n) is 2.71. The lowest BCUT2D eigenvalue weighted by molar-refractivity contribution is 0.201. The number of rotatable bonds is 7. The smallest absolute Gasteiger partial charge is 0.337 e. The quantitative estimate of drug-likeness (QED) is 0.366. The average Bonchev–Trinajstić information content (AvgIpc) is 2.14. The highest BCUT2D eigenvalue weighted by molar-refractivity contribution is 6.67. The van der Waals surface area contributed by atoms with Gasteiger partial charge in [-0.05, 0) is 18.5 Å². The Labute approximate surface area is 81.5 Å². The zero-order chi connectivity index (χ0) is 9.45. The van der Waals surface area contributed by atoms with Crippen molar-refractivity contribution in [3.05, 3.63) is 0 Å². The normalized spacial score (nSPS) is 12.0. The molecular formula is C8H19ClO2Si. The maximum atomic E-state index is 5.75. The maximum Gasteiger partial charge on any atom is 0.337 e. The van der Waals surface area contributed by atoms with Crippen molar-refractivity contribution >= 4 is 20.2 Å². The van der Waals surface area contributed by atoms with Gasteiger partial charge in [0.25, 0.3) is 0 Å². The van der Waals surface area contributed by atoms with Crippen molar-refractivity contribution in [2.75, 3.05) is 19.6 Å². The van der Waals surface area contributed by atoms with Gasteiger partial charge in [0.05, 0.1) is 0 Å². The van der Waals surface area contributed by atoms with Gasteiger partial charge in [-0.2, -0.15) is 0 Å². The zero-order valence-corrected chi connectivity index (χ0v) is 9.99. The fourth-order valence-corrected chi connectivity index (χ4v) is 3.34. The van der Waals surface area contributed by atoms with Crippen LogP contribution in [0.4, 0.5) is 0 Å². The summed E-state index contributed by atoms with van der Waals surface area (Å²) in [6.45, 7) is 4.99. The van der Waals surface area contributed by atoms with Gasteiger partial charge in [-0.25, -0.2) is 0 Å². The number of halogens is 1. The van der Waals surface area contributed by atoms with Crippen molar-refractivity contribution in [2.24, 2.45) is 0 Å². The van der Waals surface area contributed by atoms with Crippen LogP contribution in [-0.4, -0.2) is 28.2 Å². The SMILES string of the molecule is CC[Si](CC)(OC)OCCCCl. The van der Waals surface area contributed by atoms with E-state index < -0.39 is 8.56 Å². The Morgan fingerprint density at radius 1 is 1.25 bits per heavy atom. The molecule has 0 bridgehead atoms. The summed E-state index contributed by atoms with van der Waals surface area (Å²) in [7, 11) is -0.0634. The van der Waals surface area contributed by atoms with E-state index in [1.165, 1.54) is 0 Å². The van der Waals surface area contributed by atoms with Gasteiger partial charge >= 0.3 is 8.56 Å². The van der Waals surface area contributed by atoms with Crippen LogP contribution in [0.15, 0.2) is 0 Å². The number of hydrogen-bond acceptors (Lipinski definition) is 2. The van der Waals surface area contributed by atoms with Crippen molar-refractivity contribution < 1.29 is 8.85 Å². The lowest BCUT2D eigenvalue weighted by Gasteiger charge is -2.26. The van der Waals surface area contributed by atoms with Crippen molar-refractivity contribution in [2.45, 2.75) is 32.4 Å². The van der Waals surface area contributed by atoms with Gasteiger partial charge in [-0.3, -0.25) is 0 Å². The fourth-order valence-electron chi connectivity index (χ4n) is 1.11. The molecule has 0 aliphatic carbocycles. The molecule has 0 aliphatic rings. The number of hydrogen-bond donors (Lipinski definition) is 0. The van der Waals surface area contributed by atoms with Gasteiger partial charge in [0.15, 0.2) is 0 Å². The first-order valence-corrected chi connectivity index (χ1v) is 7.26. The molecule has 4 heteroatoms. The largest absolute Gasteiger partial charge is 0.398 e. The van der Waals surface area contributed by atoms with Gasteiger partial charge in [-0.15, -0.1) is 11.6 Å². The lowest BCUT2D eigenvalue weighted by Crippen LogP contribution is -2.39. The highest BCUT2D eigenvalue weighted by Crippen LogP contribution is 2.17. The molecule has 0 amide bonds. The van der Waals surface area contributed by atoms with E-state index >= 15 is 0 Å². The van der Waals surface area contributed by atoms with E-state index in [4.69, 9.17) is 20.5 Å². The first-order chi connectivity index (χ1) is 5.74. The van der Waals surface area contributed by atoms with Crippen LogP contribution in [0.3, 0.4) is 0 Å². The monoisotopic (exact) mass is 210 g/mol. The molecular weight excluding hydrogens is 192 g/mol. The molecule has 0 aromatic rings. The molecule has 0 rings (SSSR count). The second kappa shape index (κ2) is 6.89. The molecule has 0 saturated heterocycles. The van der Waals surface area contributed by atoms with Crippen molar-refractivity contribution in [3.63, 3.8) is 0 Å². The predicted molar refractivity (Wildman–Crippen MR) is 55.0 cm³/mol. The molecule has 0 aromatic heterocycles. The predicted octanol–water partition coefficient (Wildman–Crippen LogP) is 2.76. The minimum absolute atomic E-state index is 0.668. The molecule has 0 radical (unpaired) electrons. The third-order valence-electron chi connectivity index (χ3n) is 2.09. The Bertz CT molecular complexity index is 99.0. The van der Waals surface area contributed by atoms with Crippen LogP contribution >= 0.6 is 11.6 Å². The molecule has 0 spiro atoms. The summed E-state index contributed by atoms with van der Waals surface area (Å²) < 4.78 is 11.2. The molecule has 0 saturated carbocycles. The molecule has 0 atom stereocenters.